The van der Waals surface area contributed by atoms with E-state index in [9.17, 15) is 0 Å². The Kier molecular flexibility index (Phi) is 10.5. The van der Waals surface area contributed by atoms with E-state index < -0.39 is 0 Å². The molecular weight excluding hydrogens is 517 g/mol. The van der Waals surface area contributed by atoms with Gasteiger partial charge < -0.3 is 20.1 Å². The van der Waals surface area contributed by atoms with Crippen LogP contribution in [-0.4, -0.2) is 56.7 Å². The number of aryl methyl sites for hydroxylation is 1. The van der Waals surface area contributed by atoms with Gasteiger partial charge in [-0.2, -0.15) is 0 Å². The van der Waals surface area contributed by atoms with Gasteiger partial charge in [0.15, 0.2) is 5.96 Å². The molecular formula is C24H36IN5O2. The van der Waals surface area contributed by atoms with Crippen LogP contribution in [0.25, 0.3) is 0 Å². The number of benzene rings is 1. The predicted molar refractivity (Wildman–Crippen MR) is 140 cm³/mol. The number of pyridine rings is 1. The second-order valence-corrected chi connectivity index (χ2v) is 7.85. The molecule has 7 nitrogen and oxygen atoms in total. The average Bonchev–Trinajstić information content (AvgIpc) is 3.32. The summed E-state index contributed by atoms with van der Waals surface area (Å²) in [6.07, 6.45) is 4.32. The lowest BCUT2D eigenvalue weighted by Gasteiger charge is -2.30. The predicted octanol–water partition coefficient (Wildman–Crippen LogP) is 3.84. The zero-order valence-electron chi connectivity index (χ0n) is 19.8. The minimum absolute atomic E-state index is 0. The largest absolute Gasteiger partial charge is 0.496 e. The maximum atomic E-state index is 5.65. The summed E-state index contributed by atoms with van der Waals surface area (Å²) >= 11 is 0. The van der Waals surface area contributed by atoms with Crippen LogP contribution in [0.15, 0.2) is 35.5 Å². The van der Waals surface area contributed by atoms with Crippen molar-refractivity contribution in [1.29, 1.82) is 0 Å². The number of rotatable bonds is 8. The summed E-state index contributed by atoms with van der Waals surface area (Å²) in [7, 11) is 5.22. The average molecular weight is 553 g/mol. The van der Waals surface area contributed by atoms with Gasteiger partial charge in [-0.15, -0.1) is 24.0 Å². The summed E-state index contributed by atoms with van der Waals surface area (Å²) in [5.74, 6) is 2.57. The Hall–Kier alpha value is -2.07. The van der Waals surface area contributed by atoms with Gasteiger partial charge in [0.25, 0.3) is 0 Å². The van der Waals surface area contributed by atoms with E-state index in [0.29, 0.717) is 6.54 Å². The van der Waals surface area contributed by atoms with Gasteiger partial charge in [-0.05, 0) is 45.8 Å². The van der Waals surface area contributed by atoms with Crippen LogP contribution in [-0.2, 0) is 6.54 Å². The number of aliphatic imine (C=N–C) groups is 1. The maximum absolute atomic E-state index is 5.65. The van der Waals surface area contributed by atoms with Crippen LogP contribution in [0.5, 0.6) is 11.5 Å². The van der Waals surface area contributed by atoms with Crippen LogP contribution in [0.4, 0.5) is 0 Å². The van der Waals surface area contributed by atoms with E-state index in [2.05, 4.69) is 37.6 Å². The SMILES string of the molecule is CN=C(NCc1ncc(C)c(OC)c1C)NCC(c1ccccc1OC)N1CCCC1.I. The van der Waals surface area contributed by atoms with Gasteiger partial charge in [-0.3, -0.25) is 14.9 Å². The first-order chi connectivity index (χ1) is 15.1. The fourth-order valence-electron chi connectivity index (χ4n) is 4.26. The first-order valence-electron chi connectivity index (χ1n) is 10.9. The minimum Gasteiger partial charge on any atom is -0.496 e. The number of methoxy groups -OCH3 is 2. The number of nitrogens with zero attached hydrogens (tertiary/aromatic N) is 3. The molecule has 1 atom stereocenters. The zero-order valence-corrected chi connectivity index (χ0v) is 22.1. The quantitative estimate of drug-likeness (QED) is 0.294. The van der Waals surface area contributed by atoms with Gasteiger partial charge in [-0.1, -0.05) is 18.2 Å². The fraction of sp³-hybridized carbons (Fsp3) is 0.500. The van der Waals surface area contributed by atoms with E-state index in [1.54, 1.807) is 21.3 Å². The standard InChI is InChI=1S/C24H35N5O2.HI/c1-17-14-26-20(18(2)23(17)31-5)15-27-24(25-3)28-16-21(29-12-8-9-13-29)19-10-6-7-11-22(19)30-4;/h6-7,10-11,14,21H,8-9,12-13,15-16H2,1-5H3,(H2,25,27,28);1H. The Labute approximate surface area is 209 Å². The number of halogens is 1. The van der Waals surface area contributed by atoms with Crippen LogP contribution >= 0.6 is 24.0 Å². The molecule has 0 saturated carbocycles. The molecule has 1 saturated heterocycles. The molecule has 0 radical (unpaired) electrons. The highest BCUT2D eigenvalue weighted by molar-refractivity contribution is 14.0. The lowest BCUT2D eigenvalue weighted by Crippen LogP contribution is -2.42. The van der Waals surface area contributed by atoms with Crippen molar-refractivity contribution >= 4 is 29.9 Å². The van der Waals surface area contributed by atoms with E-state index in [-0.39, 0.29) is 30.0 Å². The van der Waals surface area contributed by atoms with Gasteiger partial charge in [-0.25, -0.2) is 0 Å². The van der Waals surface area contributed by atoms with E-state index in [4.69, 9.17) is 9.47 Å². The normalized spacial score (nSPS) is 15.1. The fourth-order valence-corrected chi connectivity index (χ4v) is 4.26. The van der Waals surface area contributed by atoms with Crippen molar-refractivity contribution in [3.05, 3.63) is 52.8 Å². The Balaban J connectivity index is 0.00000363. The second-order valence-electron chi connectivity index (χ2n) is 7.85. The molecule has 1 aliphatic heterocycles. The zero-order chi connectivity index (χ0) is 22.2. The molecule has 0 bridgehead atoms. The van der Waals surface area contributed by atoms with Crippen LogP contribution in [0.3, 0.4) is 0 Å². The van der Waals surface area contributed by atoms with Gasteiger partial charge in [0.05, 0.1) is 32.5 Å². The Bertz CT molecular complexity index is 900. The lowest BCUT2D eigenvalue weighted by atomic mass is 10.0. The number of guanidine groups is 1. The molecule has 8 heteroatoms. The van der Waals surface area contributed by atoms with Crippen molar-refractivity contribution in [1.82, 2.24) is 20.5 Å². The summed E-state index contributed by atoms with van der Waals surface area (Å²) in [5, 5.41) is 6.90. The molecule has 1 aromatic heterocycles. The molecule has 3 rings (SSSR count). The van der Waals surface area contributed by atoms with Crippen molar-refractivity contribution < 1.29 is 9.47 Å². The summed E-state index contributed by atoms with van der Waals surface area (Å²) in [4.78, 5) is 11.5. The number of aromatic nitrogens is 1. The smallest absolute Gasteiger partial charge is 0.191 e. The summed E-state index contributed by atoms with van der Waals surface area (Å²) in [5.41, 5.74) is 4.24. The molecule has 1 aliphatic rings. The van der Waals surface area contributed by atoms with Gasteiger partial charge in [0, 0.05) is 36.5 Å². The number of hydrogen-bond acceptors (Lipinski definition) is 5. The molecule has 32 heavy (non-hydrogen) atoms. The monoisotopic (exact) mass is 553 g/mol. The van der Waals surface area contributed by atoms with Gasteiger partial charge in [0.2, 0.25) is 0 Å². The lowest BCUT2D eigenvalue weighted by molar-refractivity contribution is 0.239. The molecule has 1 unspecified atom stereocenters. The number of nitrogens with one attached hydrogen (secondary N) is 2. The van der Waals surface area contributed by atoms with E-state index in [0.717, 1.165) is 53.9 Å². The first kappa shape index (κ1) is 26.2. The number of ether oxygens (including phenoxy) is 2. The third kappa shape index (κ3) is 6.25. The number of hydrogen-bond donors (Lipinski definition) is 2. The summed E-state index contributed by atoms with van der Waals surface area (Å²) < 4.78 is 11.2. The van der Waals surface area contributed by atoms with E-state index in [1.165, 1.54) is 18.4 Å². The van der Waals surface area contributed by atoms with Crippen molar-refractivity contribution in [2.75, 3.05) is 40.9 Å². The Morgan fingerprint density at radius 2 is 1.84 bits per heavy atom. The third-order valence-electron chi connectivity index (χ3n) is 5.94. The summed E-state index contributed by atoms with van der Waals surface area (Å²) in [6.45, 7) is 7.56. The molecule has 0 amide bonds. The van der Waals surface area contributed by atoms with Crippen molar-refractivity contribution in [3.63, 3.8) is 0 Å². The molecule has 1 fully saturated rings. The van der Waals surface area contributed by atoms with E-state index >= 15 is 0 Å². The van der Waals surface area contributed by atoms with Crippen LogP contribution in [0.2, 0.25) is 0 Å². The van der Waals surface area contributed by atoms with Crippen molar-refractivity contribution in [3.8, 4) is 11.5 Å². The van der Waals surface area contributed by atoms with Crippen LogP contribution in [0, 0.1) is 13.8 Å². The van der Waals surface area contributed by atoms with Crippen molar-refractivity contribution in [2.45, 2.75) is 39.3 Å². The van der Waals surface area contributed by atoms with Crippen molar-refractivity contribution in [2.24, 2.45) is 4.99 Å². The molecule has 0 spiro atoms. The Morgan fingerprint density at radius 3 is 2.50 bits per heavy atom. The third-order valence-corrected chi connectivity index (χ3v) is 5.94. The maximum Gasteiger partial charge on any atom is 0.191 e. The molecule has 0 aliphatic carbocycles. The van der Waals surface area contributed by atoms with Crippen LogP contribution in [0.1, 0.15) is 41.3 Å². The highest BCUT2D eigenvalue weighted by atomic mass is 127. The molecule has 2 aromatic rings. The highest BCUT2D eigenvalue weighted by Crippen LogP contribution is 2.31. The van der Waals surface area contributed by atoms with Gasteiger partial charge in [0.1, 0.15) is 11.5 Å². The minimum atomic E-state index is 0. The Morgan fingerprint density at radius 1 is 1.12 bits per heavy atom. The molecule has 176 valence electrons. The highest BCUT2D eigenvalue weighted by Gasteiger charge is 2.26. The second kappa shape index (κ2) is 12.8. The molecule has 2 heterocycles. The van der Waals surface area contributed by atoms with Gasteiger partial charge >= 0.3 is 0 Å². The number of likely N-dealkylation sites (tertiary alicyclic amines) is 1. The molecule has 2 N–H and O–H groups in total. The molecule has 1 aromatic carbocycles. The first-order valence-corrected chi connectivity index (χ1v) is 10.9. The number of para-hydroxylation sites is 1. The van der Waals surface area contributed by atoms with Crippen LogP contribution < -0.4 is 20.1 Å². The summed E-state index contributed by atoms with van der Waals surface area (Å²) in [6, 6.07) is 8.50. The topological polar surface area (TPSA) is 71.0 Å². The van der Waals surface area contributed by atoms with E-state index in [1.807, 2.05) is 32.2 Å².